The third-order valence-corrected chi connectivity index (χ3v) is 4.11. The van der Waals surface area contributed by atoms with Gasteiger partial charge >= 0.3 is 0 Å². The Balaban J connectivity index is 1.53. The standard InChI is InChI=1S/C22H19ClN2O2/c1-16-3-2-4-18(13-16)15-27-21-11-7-19(8-12-21)22(26)25-24-14-17-5-9-20(23)10-6-17/h2-14H,15H2,1H3,(H,25,26)/b24-14+. The van der Waals surface area contributed by atoms with Gasteiger partial charge in [-0.05, 0) is 54.4 Å². The van der Waals surface area contributed by atoms with Gasteiger partial charge in [-0.3, -0.25) is 4.79 Å². The molecule has 0 bridgehead atoms. The van der Waals surface area contributed by atoms with Gasteiger partial charge in [0.15, 0.2) is 0 Å². The summed E-state index contributed by atoms with van der Waals surface area (Å²) in [6.45, 7) is 2.53. The fourth-order valence-corrected chi connectivity index (χ4v) is 2.58. The molecule has 4 nitrogen and oxygen atoms in total. The molecule has 0 aliphatic carbocycles. The van der Waals surface area contributed by atoms with Gasteiger partial charge in [0.1, 0.15) is 12.4 Å². The predicted molar refractivity (Wildman–Crippen MR) is 108 cm³/mol. The minimum atomic E-state index is -0.287. The van der Waals surface area contributed by atoms with Crippen LogP contribution in [0.15, 0.2) is 77.9 Å². The van der Waals surface area contributed by atoms with Crippen LogP contribution in [-0.4, -0.2) is 12.1 Å². The zero-order valence-electron chi connectivity index (χ0n) is 14.9. The monoisotopic (exact) mass is 378 g/mol. The number of amides is 1. The topological polar surface area (TPSA) is 50.7 Å². The van der Waals surface area contributed by atoms with Gasteiger partial charge < -0.3 is 4.74 Å². The van der Waals surface area contributed by atoms with E-state index in [9.17, 15) is 4.79 Å². The summed E-state index contributed by atoms with van der Waals surface area (Å²) in [4.78, 5) is 12.1. The zero-order valence-corrected chi connectivity index (χ0v) is 15.6. The van der Waals surface area contributed by atoms with E-state index in [1.165, 1.54) is 5.56 Å². The van der Waals surface area contributed by atoms with Crippen molar-refractivity contribution in [3.05, 3.63) is 100 Å². The first kappa shape index (κ1) is 18.7. The maximum absolute atomic E-state index is 12.1. The Bertz CT molecular complexity index is 935. The highest BCUT2D eigenvalue weighted by atomic mass is 35.5. The largest absolute Gasteiger partial charge is 0.489 e. The van der Waals surface area contributed by atoms with Gasteiger partial charge in [0.2, 0.25) is 0 Å². The smallest absolute Gasteiger partial charge is 0.271 e. The number of hydrogen-bond acceptors (Lipinski definition) is 3. The average molecular weight is 379 g/mol. The number of hydrazone groups is 1. The van der Waals surface area contributed by atoms with E-state index in [1.807, 2.05) is 37.3 Å². The molecule has 136 valence electrons. The average Bonchev–Trinajstić information content (AvgIpc) is 2.68. The molecule has 3 aromatic rings. The molecule has 0 aliphatic rings. The van der Waals surface area contributed by atoms with Crippen molar-refractivity contribution in [2.75, 3.05) is 0 Å². The van der Waals surface area contributed by atoms with Crippen molar-refractivity contribution in [3.63, 3.8) is 0 Å². The van der Waals surface area contributed by atoms with Crippen molar-refractivity contribution in [2.45, 2.75) is 13.5 Å². The molecule has 0 aromatic heterocycles. The molecule has 27 heavy (non-hydrogen) atoms. The van der Waals surface area contributed by atoms with Gasteiger partial charge in [0.25, 0.3) is 5.91 Å². The van der Waals surface area contributed by atoms with E-state index < -0.39 is 0 Å². The Morgan fingerprint density at radius 1 is 1.07 bits per heavy atom. The maximum atomic E-state index is 12.1. The van der Waals surface area contributed by atoms with E-state index in [-0.39, 0.29) is 5.91 Å². The summed E-state index contributed by atoms with van der Waals surface area (Å²) in [5, 5.41) is 4.61. The van der Waals surface area contributed by atoms with Crippen LogP contribution in [0.25, 0.3) is 0 Å². The third-order valence-electron chi connectivity index (χ3n) is 3.85. The molecule has 1 N–H and O–H groups in total. The first-order valence-corrected chi connectivity index (χ1v) is 8.85. The molecule has 0 radical (unpaired) electrons. The number of aryl methyl sites for hydroxylation is 1. The Kier molecular flexibility index (Phi) is 6.23. The highest BCUT2D eigenvalue weighted by molar-refractivity contribution is 6.30. The van der Waals surface area contributed by atoms with Crippen LogP contribution in [0.3, 0.4) is 0 Å². The molecule has 3 rings (SSSR count). The molecule has 0 atom stereocenters. The molecule has 1 amide bonds. The molecule has 0 saturated heterocycles. The second-order valence-electron chi connectivity index (χ2n) is 6.05. The lowest BCUT2D eigenvalue weighted by Crippen LogP contribution is -2.17. The Labute approximate surface area is 163 Å². The lowest BCUT2D eigenvalue weighted by molar-refractivity contribution is 0.0955. The van der Waals surface area contributed by atoms with Crippen molar-refractivity contribution in [2.24, 2.45) is 5.10 Å². The predicted octanol–water partition coefficient (Wildman–Crippen LogP) is 4.99. The van der Waals surface area contributed by atoms with Crippen molar-refractivity contribution in [1.82, 2.24) is 5.43 Å². The fraction of sp³-hybridized carbons (Fsp3) is 0.0909. The zero-order chi connectivity index (χ0) is 19.1. The molecule has 0 unspecified atom stereocenters. The van der Waals surface area contributed by atoms with Crippen molar-refractivity contribution in [3.8, 4) is 5.75 Å². The van der Waals surface area contributed by atoms with Crippen LogP contribution in [0.1, 0.15) is 27.0 Å². The van der Waals surface area contributed by atoms with Crippen LogP contribution >= 0.6 is 11.6 Å². The summed E-state index contributed by atoms with van der Waals surface area (Å²) in [6.07, 6.45) is 1.56. The van der Waals surface area contributed by atoms with E-state index in [4.69, 9.17) is 16.3 Å². The number of ether oxygens (including phenoxy) is 1. The van der Waals surface area contributed by atoms with Crippen LogP contribution < -0.4 is 10.2 Å². The van der Waals surface area contributed by atoms with Crippen LogP contribution in [0, 0.1) is 6.92 Å². The van der Waals surface area contributed by atoms with Gasteiger partial charge in [0.05, 0.1) is 6.21 Å². The molecule has 5 heteroatoms. The van der Waals surface area contributed by atoms with E-state index in [0.717, 1.165) is 11.1 Å². The Morgan fingerprint density at radius 2 is 1.81 bits per heavy atom. The summed E-state index contributed by atoms with van der Waals surface area (Å²) < 4.78 is 5.76. The summed E-state index contributed by atoms with van der Waals surface area (Å²) in [5.74, 6) is 0.420. The minimum absolute atomic E-state index is 0.287. The van der Waals surface area contributed by atoms with Gasteiger partial charge in [-0.1, -0.05) is 53.6 Å². The number of benzene rings is 3. The second-order valence-corrected chi connectivity index (χ2v) is 6.49. The first-order valence-electron chi connectivity index (χ1n) is 8.47. The van der Waals surface area contributed by atoms with Crippen molar-refractivity contribution < 1.29 is 9.53 Å². The van der Waals surface area contributed by atoms with Gasteiger partial charge in [-0.15, -0.1) is 0 Å². The number of nitrogens with one attached hydrogen (secondary N) is 1. The van der Waals surface area contributed by atoms with E-state index >= 15 is 0 Å². The lowest BCUT2D eigenvalue weighted by Gasteiger charge is -2.07. The lowest BCUT2D eigenvalue weighted by atomic mass is 10.1. The molecular weight excluding hydrogens is 360 g/mol. The number of rotatable bonds is 6. The quantitative estimate of drug-likeness (QED) is 0.485. The summed E-state index contributed by atoms with van der Waals surface area (Å²) >= 11 is 5.83. The van der Waals surface area contributed by atoms with E-state index in [0.29, 0.717) is 22.9 Å². The molecule has 0 aliphatic heterocycles. The summed E-state index contributed by atoms with van der Waals surface area (Å²) in [6, 6.07) is 22.3. The molecule has 0 heterocycles. The van der Waals surface area contributed by atoms with Crippen LogP contribution in [0.5, 0.6) is 5.75 Å². The second kappa shape index (κ2) is 9.01. The van der Waals surface area contributed by atoms with Crippen LogP contribution in [-0.2, 0) is 6.61 Å². The number of carbonyl (C=O) groups excluding carboxylic acids is 1. The number of nitrogens with zero attached hydrogens (tertiary/aromatic N) is 1. The van der Waals surface area contributed by atoms with Gasteiger partial charge in [0, 0.05) is 10.6 Å². The Hall–Kier alpha value is -3.11. The first-order chi connectivity index (χ1) is 13.1. The molecular formula is C22H19ClN2O2. The summed E-state index contributed by atoms with van der Waals surface area (Å²) in [7, 11) is 0. The maximum Gasteiger partial charge on any atom is 0.271 e. The molecule has 0 fully saturated rings. The summed E-state index contributed by atoms with van der Waals surface area (Å²) in [5.41, 5.74) is 6.16. The molecule has 0 saturated carbocycles. The highest BCUT2D eigenvalue weighted by Gasteiger charge is 2.04. The van der Waals surface area contributed by atoms with E-state index in [1.54, 1.807) is 42.6 Å². The Morgan fingerprint density at radius 3 is 2.52 bits per heavy atom. The van der Waals surface area contributed by atoms with Crippen molar-refractivity contribution >= 4 is 23.7 Å². The molecule has 0 spiro atoms. The SMILES string of the molecule is Cc1cccc(COc2ccc(C(=O)N/N=C/c3ccc(Cl)cc3)cc2)c1. The van der Waals surface area contributed by atoms with Crippen molar-refractivity contribution in [1.29, 1.82) is 0 Å². The van der Waals surface area contributed by atoms with Gasteiger partial charge in [-0.2, -0.15) is 5.10 Å². The third kappa shape index (κ3) is 5.69. The van der Waals surface area contributed by atoms with E-state index in [2.05, 4.69) is 16.6 Å². The number of hydrogen-bond donors (Lipinski definition) is 1. The highest BCUT2D eigenvalue weighted by Crippen LogP contribution is 2.15. The minimum Gasteiger partial charge on any atom is -0.489 e. The molecule has 3 aromatic carbocycles. The fourth-order valence-electron chi connectivity index (χ4n) is 2.45. The van der Waals surface area contributed by atoms with Gasteiger partial charge in [-0.25, -0.2) is 5.43 Å². The number of carbonyl (C=O) groups is 1. The number of halogens is 1. The van der Waals surface area contributed by atoms with Crippen LogP contribution in [0.2, 0.25) is 5.02 Å². The normalized spacial score (nSPS) is 10.7. The van der Waals surface area contributed by atoms with Crippen LogP contribution in [0.4, 0.5) is 0 Å².